The SMILES string of the molecule is COc1ccc(C(=O)Nc2ccc(C(F)(F)F)oc2=O)cc1OC. The summed E-state index contributed by atoms with van der Waals surface area (Å²) >= 11 is 0. The third kappa shape index (κ3) is 3.67. The molecule has 128 valence electrons. The van der Waals surface area contributed by atoms with Crippen LogP contribution in [0.3, 0.4) is 0 Å². The van der Waals surface area contributed by atoms with Gasteiger partial charge in [0.2, 0.25) is 5.76 Å². The van der Waals surface area contributed by atoms with Crippen LogP contribution in [0, 0.1) is 0 Å². The Morgan fingerprint density at radius 3 is 2.29 bits per heavy atom. The van der Waals surface area contributed by atoms with Gasteiger partial charge in [-0.15, -0.1) is 0 Å². The van der Waals surface area contributed by atoms with E-state index in [0.717, 1.165) is 6.07 Å². The van der Waals surface area contributed by atoms with Crippen LogP contribution in [0.4, 0.5) is 18.9 Å². The summed E-state index contributed by atoms with van der Waals surface area (Å²) in [4.78, 5) is 23.7. The third-order valence-electron chi connectivity index (χ3n) is 3.00. The summed E-state index contributed by atoms with van der Waals surface area (Å²) in [6.07, 6.45) is -4.79. The number of amides is 1. The molecule has 1 aromatic carbocycles. The second-order valence-electron chi connectivity index (χ2n) is 4.52. The van der Waals surface area contributed by atoms with E-state index in [1.807, 2.05) is 0 Å². The number of rotatable bonds is 4. The highest BCUT2D eigenvalue weighted by Gasteiger charge is 2.34. The molecule has 0 spiro atoms. The molecule has 1 aromatic heterocycles. The first-order valence-corrected chi connectivity index (χ1v) is 6.51. The lowest BCUT2D eigenvalue weighted by Crippen LogP contribution is -2.19. The highest BCUT2D eigenvalue weighted by Crippen LogP contribution is 2.29. The van der Waals surface area contributed by atoms with Crippen molar-refractivity contribution in [3.8, 4) is 11.5 Å². The Bertz CT molecular complexity index is 813. The lowest BCUT2D eigenvalue weighted by molar-refractivity contribution is -0.154. The molecule has 2 rings (SSSR count). The molecule has 0 aliphatic carbocycles. The summed E-state index contributed by atoms with van der Waals surface area (Å²) in [6, 6.07) is 5.63. The van der Waals surface area contributed by atoms with Gasteiger partial charge in [0.15, 0.2) is 11.5 Å². The van der Waals surface area contributed by atoms with Crippen molar-refractivity contribution in [3.05, 3.63) is 52.1 Å². The van der Waals surface area contributed by atoms with Crippen molar-refractivity contribution in [2.24, 2.45) is 0 Å². The van der Waals surface area contributed by atoms with Crippen molar-refractivity contribution in [3.63, 3.8) is 0 Å². The minimum Gasteiger partial charge on any atom is -0.493 e. The maximum atomic E-state index is 12.4. The first kappa shape index (κ1) is 17.4. The first-order chi connectivity index (χ1) is 11.3. The molecule has 0 aliphatic rings. The molecule has 0 atom stereocenters. The summed E-state index contributed by atoms with van der Waals surface area (Å²) < 4.78 is 51.5. The van der Waals surface area contributed by atoms with Crippen molar-refractivity contribution >= 4 is 11.6 Å². The fourth-order valence-corrected chi connectivity index (χ4v) is 1.83. The molecule has 0 unspecified atom stereocenters. The van der Waals surface area contributed by atoms with Gasteiger partial charge in [-0.1, -0.05) is 0 Å². The van der Waals surface area contributed by atoms with Crippen LogP contribution in [0.5, 0.6) is 11.5 Å². The average molecular weight is 343 g/mol. The zero-order valence-corrected chi connectivity index (χ0v) is 12.6. The monoisotopic (exact) mass is 343 g/mol. The van der Waals surface area contributed by atoms with Gasteiger partial charge in [0.05, 0.1) is 14.2 Å². The topological polar surface area (TPSA) is 77.8 Å². The van der Waals surface area contributed by atoms with Crippen LogP contribution in [0.1, 0.15) is 16.1 Å². The van der Waals surface area contributed by atoms with E-state index in [4.69, 9.17) is 9.47 Å². The highest BCUT2D eigenvalue weighted by molar-refractivity contribution is 6.04. The van der Waals surface area contributed by atoms with Crippen LogP contribution >= 0.6 is 0 Å². The summed E-state index contributed by atoms with van der Waals surface area (Å²) in [6.45, 7) is 0. The summed E-state index contributed by atoms with van der Waals surface area (Å²) in [5.41, 5.74) is -1.60. The van der Waals surface area contributed by atoms with Gasteiger partial charge in [-0.25, -0.2) is 4.79 Å². The number of halogens is 3. The number of carbonyl (C=O) groups excluding carboxylic acids is 1. The number of hydrogen-bond acceptors (Lipinski definition) is 5. The second-order valence-corrected chi connectivity index (χ2v) is 4.52. The summed E-state index contributed by atoms with van der Waals surface area (Å²) in [5.74, 6) is -1.49. The van der Waals surface area contributed by atoms with Gasteiger partial charge >= 0.3 is 11.8 Å². The van der Waals surface area contributed by atoms with Gasteiger partial charge in [0, 0.05) is 5.56 Å². The van der Waals surface area contributed by atoms with Crippen LogP contribution in [0.15, 0.2) is 39.5 Å². The molecule has 1 heterocycles. The molecule has 0 aliphatic heterocycles. The lowest BCUT2D eigenvalue weighted by Gasteiger charge is -2.10. The largest absolute Gasteiger partial charge is 0.493 e. The van der Waals surface area contributed by atoms with Crippen LogP contribution in [-0.2, 0) is 6.18 Å². The van der Waals surface area contributed by atoms with E-state index in [1.54, 1.807) is 0 Å². The maximum Gasteiger partial charge on any atom is 0.449 e. The number of nitrogens with one attached hydrogen (secondary N) is 1. The molecule has 0 fully saturated rings. The van der Waals surface area contributed by atoms with Gasteiger partial charge in [-0.3, -0.25) is 4.79 Å². The summed E-state index contributed by atoms with van der Waals surface area (Å²) in [5, 5.41) is 2.19. The van der Waals surface area contributed by atoms with Gasteiger partial charge < -0.3 is 19.2 Å². The molecule has 0 bridgehead atoms. The molecule has 9 heteroatoms. The molecule has 0 saturated carbocycles. The van der Waals surface area contributed by atoms with E-state index in [-0.39, 0.29) is 11.3 Å². The van der Waals surface area contributed by atoms with Crippen molar-refractivity contribution in [1.29, 1.82) is 0 Å². The summed E-state index contributed by atoms with van der Waals surface area (Å²) in [7, 11) is 2.80. The Morgan fingerprint density at radius 2 is 1.75 bits per heavy atom. The molecular weight excluding hydrogens is 331 g/mol. The predicted octanol–water partition coefficient (Wildman–Crippen LogP) is 2.93. The number of benzene rings is 1. The number of anilines is 1. The standard InChI is InChI=1S/C15H12F3NO5/c1-22-10-5-3-8(7-11(10)23-2)13(20)19-9-4-6-12(15(16,17)18)24-14(9)21/h3-7H,1-2H3,(H,19,20). The normalized spacial score (nSPS) is 11.0. The molecular formula is C15H12F3NO5. The number of ether oxygens (including phenoxy) is 2. The van der Waals surface area contributed by atoms with Crippen LogP contribution < -0.4 is 20.4 Å². The van der Waals surface area contributed by atoms with Crippen LogP contribution in [0.2, 0.25) is 0 Å². The number of hydrogen-bond donors (Lipinski definition) is 1. The van der Waals surface area contributed by atoms with E-state index in [9.17, 15) is 22.8 Å². The Kier molecular flexibility index (Phi) is 4.82. The molecule has 0 radical (unpaired) electrons. The molecule has 1 N–H and O–H groups in total. The average Bonchev–Trinajstić information content (AvgIpc) is 2.54. The zero-order valence-electron chi connectivity index (χ0n) is 12.6. The highest BCUT2D eigenvalue weighted by atomic mass is 19.4. The van der Waals surface area contributed by atoms with Gasteiger partial charge in [-0.05, 0) is 30.3 Å². The molecule has 1 amide bonds. The van der Waals surface area contributed by atoms with E-state index in [0.29, 0.717) is 11.8 Å². The smallest absolute Gasteiger partial charge is 0.449 e. The lowest BCUT2D eigenvalue weighted by atomic mass is 10.2. The quantitative estimate of drug-likeness (QED) is 0.924. The Hall–Kier alpha value is -2.97. The van der Waals surface area contributed by atoms with E-state index in [2.05, 4.69) is 9.73 Å². The Morgan fingerprint density at radius 1 is 1.08 bits per heavy atom. The predicted molar refractivity (Wildman–Crippen MR) is 77.5 cm³/mol. The van der Waals surface area contributed by atoms with E-state index < -0.39 is 29.2 Å². The molecule has 2 aromatic rings. The third-order valence-corrected chi connectivity index (χ3v) is 3.00. The Balaban J connectivity index is 2.26. The van der Waals surface area contributed by atoms with Gasteiger partial charge in [-0.2, -0.15) is 13.2 Å². The number of methoxy groups -OCH3 is 2. The van der Waals surface area contributed by atoms with Gasteiger partial charge in [0.1, 0.15) is 5.69 Å². The fraction of sp³-hybridized carbons (Fsp3) is 0.200. The maximum absolute atomic E-state index is 12.4. The van der Waals surface area contributed by atoms with Crippen molar-refractivity contribution in [2.75, 3.05) is 19.5 Å². The van der Waals surface area contributed by atoms with Gasteiger partial charge in [0.25, 0.3) is 5.91 Å². The van der Waals surface area contributed by atoms with Crippen molar-refractivity contribution in [1.82, 2.24) is 0 Å². The van der Waals surface area contributed by atoms with E-state index in [1.165, 1.54) is 32.4 Å². The van der Waals surface area contributed by atoms with Crippen molar-refractivity contribution in [2.45, 2.75) is 6.18 Å². The number of carbonyl (C=O) groups is 1. The zero-order chi connectivity index (χ0) is 17.9. The minimum absolute atomic E-state index is 0.118. The number of alkyl halides is 3. The van der Waals surface area contributed by atoms with Crippen molar-refractivity contribution < 1.29 is 31.9 Å². The second kappa shape index (κ2) is 6.65. The fourth-order valence-electron chi connectivity index (χ4n) is 1.83. The van der Waals surface area contributed by atoms with Crippen LogP contribution in [0.25, 0.3) is 0 Å². The first-order valence-electron chi connectivity index (χ1n) is 6.51. The molecule has 6 nitrogen and oxygen atoms in total. The van der Waals surface area contributed by atoms with E-state index >= 15 is 0 Å². The minimum atomic E-state index is -4.79. The molecule has 0 saturated heterocycles. The van der Waals surface area contributed by atoms with Crippen LogP contribution in [-0.4, -0.2) is 20.1 Å². The Labute approximate surface area is 133 Å². The molecule has 24 heavy (non-hydrogen) atoms.